The lowest BCUT2D eigenvalue weighted by molar-refractivity contribution is 1.18. The van der Waals surface area contributed by atoms with Gasteiger partial charge < -0.3 is 9.88 Å². The number of H-pyrrole nitrogens is 1. The Hall–Kier alpha value is -6.78. The Balaban J connectivity index is 1.07. The van der Waals surface area contributed by atoms with E-state index >= 15 is 0 Å². The van der Waals surface area contributed by atoms with E-state index in [9.17, 15) is 0 Å². The summed E-state index contributed by atoms with van der Waals surface area (Å²) in [6.07, 6.45) is 0. The highest BCUT2D eigenvalue weighted by Gasteiger charge is 2.15. The molecule has 51 heavy (non-hydrogen) atoms. The van der Waals surface area contributed by atoms with Crippen molar-refractivity contribution in [1.29, 1.82) is 0 Å². The molecule has 0 aliphatic rings. The maximum atomic E-state index is 5.08. The van der Waals surface area contributed by atoms with Crippen molar-refractivity contribution in [3.8, 4) is 56.2 Å². The van der Waals surface area contributed by atoms with Crippen molar-refractivity contribution < 1.29 is 0 Å². The number of benzene rings is 7. The van der Waals surface area contributed by atoms with Gasteiger partial charge >= 0.3 is 0 Å². The first-order valence-electron chi connectivity index (χ1n) is 17.2. The van der Waals surface area contributed by atoms with E-state index in [1.54, 1.807) is 0 Å². The van der Waals surface area contributed by atoms with Crippen molar-refractivity contribution in [2.75, 3.05) is 11.9 Å². The molecule has 4 nitrogen and oxygen atoms in total. The summed E-state index contributed by atoms with van der Waals surface area (Å²) in [5.74, 6) is 0.704. The molecule has 0 unspecified atom stereocenters. The van der Waals surface area contributed by atoms with E-state index in [4.69, 9.17) is 9.97 Å². The average Bonchev–Trinajstić information content (AvgIpc) is 3.59. The van der Waals surface area contributed by atoms with E-state index in [1.807, 2.05) is 24.3 Å². The summed E-state index contributed by atoms with van der Waals surface area (Å²) in [7, 11) is 2.13. The molecule has 0 aliphatic carbocycles. The maximum Gasteiger partial charge on any atom is 0.160 e. The third-order valence-electron chi connectivity index (χ3n) is 9.66. The lowest BCUT2D eigenvalue weighted by Crippen LogP contribution is -2.10. The standard InChI is InChI=1S/C47H34N4/c1-51(46-22-11-9-19-39(46)36-25-28-43-41(30-36)40-20-8-10-21-42(40)48-43)38-26-23-33(24-27-38)44-31-45(50-47(49-44)34-15-6-3-7-16-34)37-18-12-17-35(29-37)32-13-4-2-5-14-32/h2-31,48H,1H3. The fraction of sp³-hybridized carbons (Fsp3) is 0.0213. The fourth-order valence-electron chi connectivity index (χ4n) is 6.97. The van der Waals surface area contributed by atoms with Gasteiger partial charge in [0.15, 0.2) is 5.82 Å². The van der Waals surface area contributed by atoms with Crippen LogP contribution in [0.2, 0.25) is 0 Å². The number of fused-ring (bicyclic) bond motifs is 3. The lowest BCUT2D eigenvalue weighted by atomic mass is 10.00. The number of nitrogens with zero attached hydrogens (tertiary/aromatic N) is 3. The Morgan fingerprint density at radius 2 is 1.02 bits per heavy atom. The Kier molecular flexibility index (Phi) is 7.67. The van der Waals surface area contributed by atoms with Gasteiger partial charge in [0.05, 0.1) is 11.4 Å². The molecule has 0 amide bonds. The van der Waals surface area contributed by atoms with Gasteiger partial charge in [-0.3, -0.25) is 0 Å². The van der Waals surface area contributed by atoms with Crippen molar-refractivity contribution in [2.24, 2.45) is 0 Å². The minimum absolute atomic E-state index is 0.704. The summed E-state index contributed by atoms with van der Waals surface area (Å²) in [5.41, 5.74) is 14.1. The molecule has 0 atom stereocenters. The monoisotopic (exact) mass is 654 g/mol. The van der Waals surface area contributed by atoms with Crippen LogP contribution in [0.3, 0.4) is 0 Å². The molecular weight excluding hydrogens is 621 g/mol. The molecule has 0 aliphatic heterocycles. The van der Waals surface area contributed by atoms with Crippen LogP contribution in [-0.2, 0) is 0 Å². The molecule has 7 aromatic carbocycles. The van der Waals surface area contributed by atoms with Crippen LogP contribution in [0.25, 0.3) is 78.0 Å². The molecule has 1 N–H and O–H groups in total. The molecule has 0 saturated carbocycles. The lowest BCUT2D eigenvalue weighted by Gasteiger charge is -2.23. The maximum absolute atomic E-state index is 5.08. The number of rotatable bonds is 7. The van der Waals surface area contributed by atoms with Crippen LogP contribution in [0.1, 0.15) is 0 Å². The highest BCUT2D eigenvalue weighted by atomic mass is 15.1. The topological polar surface area (TPSA) is 44.8 Å². The zero-order chi connectivity index (χ0) is 34.1. The van der Waals surface area contributed by atoms with Crippen molar-refractivity contribution >= 4 is 33.2 Å². The first-order chi connectivity index (χ1) is 25.2. The SMILES string of the molecule is CN(c1ccc(-c2cc(-c3cccc(-c4ccccc4)c3)nc(-c3ccccc3)n2)cc1)c1ccccc1-c1ccc2[nH]c3ccccc3c2c1. The van der Waals surface area contributed by atoms with Crippen LogP contribution in [0, 0.1) is 0 Å². The summed E-state index contributed by atoms with van der Waals surface area (Å²) >= 11 is 0. The van der Waals surface area contributed by atoms with Crippen molar-refractivity contribution in [1.82, 2.24) is 15.0 Å². The van der Waals surface area contributed by atoms with E-state index in [1.165, 1.54) is 27.5 Å². The summed E-state index contributed by atoms with van der Waals surface area (Å²) in [6.45, 7) is 0. The number of nitrogens with one attached hydrogen (secondary N) is 1. The van der Waals surface area contributed by atoms with Gasteiger partial charge in [0, 0.05) is 62.5 Å². The van der Waals surface area contributed by atoms with Gasteiger partial charge in [-0.25, -0.2) is 9.97 Å². The van der Waals surface area contributed by atoms with E-state index in [0.29, 0.717) is 5.82 Å². The van der Waals surface area contributed by atoms with Crippen LogP contribution >= 0.6 is 0 Å². The summed E-state index contributed by atoms with van der Waals surface area (Å²) < 4.78 is 0. The second-order valence-corrected chi connectivity index (χ2v) is 12.8. The predicted octanol–water partition coefficient (Wildman–Crippen LogP) is 12.2. The minimum Gasteiger partial charge on any atom is -0.355 e. The fourth-order valence-corrected chi connectivity index (χ4v) is 6.97. The number of hydrogen-bond donors (Lipinski definition) is 1. The molecule has 9 rings (SSSR count). The van der Waals surface area contributed by atoms with E-state index < -0.39 is 0 Å². The number of aromatic nitrogens is 3. The van der Waals surface area contributed by atoms with Gasteiger partial charge in [-0.2, -0.15) is 0 Å². The average molecular weight is 655 g/mol. The highest BCUT2D eigenvalue weighted by Crippen LogP contribution is 2.38. The second kappa shape index (κ2) is 12.9. The largest absolute Gasteiger partial charge is 0.355 e. The molecule has 9 aromatic rings. The molecule has 0 fully saturated rings. The first-order valence-corrected chi connectivity index (χ1v) is 17.2. The normalized spacial score (nSPS) is 11.2. The molecule has 0 saturated heterocycles. The second-order valence-electron chi connectivity index (χ2n) is 12.8. The Morgan fingerprint density at radius 3 is 1.82 bits per heavy atom. The predicted molar refractivity (Wildman–Crippen MR) is 213 cm³/mol. The first kappa shape index (κ1) is 30.3. The Morgan fingerprint density at radius 1 is 0.412 bits per heavy atom. The van der Waals surface area contributed by atoms with Gasteiger partial charge in [0.1, 0.15) is 0 Å². The van der Waals surface area contributed by atoms with Crippen molar-refractivity contribution in [3.05, 3.63) is 182 Å². The summed E-state index contributed by atoms with van der Waals surface area (Å²) in [4.78, 5) is 16.0. The van der Waals surface area contributed by atoms with Gasteiger partial charge in [-0.1, -0.05) is 133 Å². The zero-order valence-electron chi connectivity index (χ0n) is 28.2. The number of hydrogen-bond acceptors (Lipinski definition) is 3. The molecule has 0 bridgehead atoms. The van der Waals surface area contributed by atoms with Crippen LogP contribution < -0.4 is 4.90 Å². The third kappa shape index (κ3) is 5.83. The van der Waals surface area contributed by atoms with Crippen LogP contribution in [0.15, 0.2) is 182 Å². The molecule has 0 spiro atoms. The molecule has 242 valence electrons. The van der Waals surface area contributed by atoms with E-state index in [2.05, 4.69) is 175 Å². The number of anilines is 2. The Bertz CT molecular complexity index is 2640. The molecule has 2 heterocycles. The van der Waals surface area contributed by atoms with Gasteiger partial charge in [0.25, 0.3) is 0 Å². The molecule has 2 aromatic heterocycles. The third-order valence-corrected chi connectivity index (χ3v) is 9.66. The number of para-hydroxylation sites is 2. The van der Waals surface area contributed by atoms with Crippen LogP contribution in [0.4, 0.5) is 11.4 Å². The zero-order valence-corrected chi connectivity index (χ0v) is 28.2. The molecule has 4 heteroatoms. The van der Waals surface area contributed by atoms with E-state index in [-0.39, 0.29) is 0 Å². The summed E-state index contributed by atoms with van der Waals surface area (Å²) in [5, 5.41) is 2.47. The van der Waals surface area contributed by atoms with Gasteiger partial charge in [-0.05, 0) is 65.2 Å². The van der Waals surface area contributed by atoms with E-state index in [0.717, 1.165) is 56.0 Å². The molecular formula is C47H34N4. The van der Waals surface area contributed by atoms with Crippen molar-refractivity contribution in [3.63, 3.8) is 0 Å². The van der Waals surface area contributed by atoms with Crippen LogP contribution in [0.5, 0.6) is 0 Å². The summed E-state index contributed by atoms with van der Waals surface area (Å²) in [6, 6.07) is 63.8. The smallest absolute Gasteiger partial charge is 0.160 e. The Labute approximate surface area is 297 Å². The van der Waals surface area contributed by atoms with Crippen molar-refractivity contribution in [2.45, 2.75) is 0 Å². The van der Waals surface area contributed by atoms with Gasteiger partial charge in [0.2, 0.25) is 0 Å². The molecule has 0 radical (unpaired) electrons. The van der Waals surface area contributed by atoms with Crippen LogP contribution in [-0.4, -0.2) is 22.0 Å². The quantitative estimate of drug-likeness (QED) is 0.186. The van der Waals surface area contributed by atoms with Gasteiger partial charge in [-0.15, -0.1) is 0 Å². The highest BCUT2D eigenvalue weighted by molar-refractivity contribution is 6.08. The minimum atomic E-state index is 0.704. The number of aromatic amines is 1.